The predicted molar refractivity (Wildman–Crippen MR) is 124 cm³/mol. The molecule has 0 bridgehead atoms. The third-order valence-electron chi connectivity index (χ3n) is 6.12. The van der Waals surface area contributed by atoms with E-state index in [1.807, 2.05) is 26.0 Å². The lowest BCUT2D eigenvalue weighted by atomic mass is 9.91. The number of ether oxygens (including phenoxy) is 1. The van der Waals surface area contributed by atoms with Gasteiger partial charge in [-0.2, -0.15) is 4.98 Å². The second kappa shape index (κ2) is 8.55. The summed E-state index contributed by atoms with van der Waals surface area (Å²) in [5.74, 6) is 2.46. The predicted octanol–water partition coefficient (Wildman–Crippen LogP) is 2.66. The number of aliphatic hydroxyl groups is 1. The molecule has 1 atom stereocenters. The third kappa shape index (κ3) is 4.35. The molecule has 9 nitrogen and oxygen atoms in total. The van der Waals surface area contributed by atoms with Gasteiger partial charge in [-0.3, -0.25) is 10.1 Å². The Hall–Kier alpha value is -2.91. The number of carbonyl (C=O) groups is 1. The molecule has 4 rings (SSSR count). The Morgan fingerprint density at radius 2 is 2.09 bits per heavy atom. The zero-order valence-corrected chi connectivity index (χ0v) is 19.3. The minimum absolute atomic E-state index is 0.0571. The van der Waals surface area contributed by atoms with Crippen molar-refractivity contribution in [2.75, 3.05) is 49.4 Å². The van der Waals surface area contributed by atoms with E-state index in [0.29, 0.717) is 41.1 Å². The maximum Gasteiger partial charge on any atom is 0.234 e. The topological polar surface area (TPSA) is 103 Å². The van der Waals surface area contributed by atoms with Crippen LogP contribution in [0.4, 0.5) is 23.1 Å². The molecule has 2 aromatic rings. The van der Waals surface area contributed by atoms with Gasteiger partial charge < -0.3 is 25.0 Å². The van der Waals surface area contributed by atoms with Crippen LogP contribution in [0.1, 0.15) is 38.5 Å². The number of nitrogens with zero attached hydrogens (tertiary/aromatic N) is 4. The Bertz CT molecular complexity index is 1010. The van der Waals surface area contributed by atoms with Crippen molar-refractivity contribution < 1.29 is 14.6 Å². The molecule has 1 aromatic carbocycles. The second-order valence-electron chi connectivity index (χ2n) is 9.25. The molecular weight excluding hydrogens is 408 g/mol. The van der Waals surface area contributed by atoms with Crippen molar-refractivity contribution in [3.8, 4) is 5.75 Å². The van der Waals surface area contributed by atoms with Gasteiger partial charge in [-0.05, 0) is 57.4 Å². The van der Waals surface area contributed by atoms with Crippen LogP contribution in [-0.4, -0.2) is 55.3 Å². The smallest absolute Gasteiger partial charge is 0.234 e. The first kappa shape index (κ1) is 22.3. The lowest BCUT2D eigenvalue weighted by molar-refractivity contribution is -0.125. The average molecular weight is 441 g/mol. The van der Waals surface area contributed by atoms with Gasteiger partial charge in [0.15, 0.2) is 5.82 Å². The van der Waals surface area contributed by atoms with E-state index in [1.54, 1.807) is 38.4 Å². The quantitative estimate of drug-likeness (QED) is 0.565. The Morgan fingerprint density at radius 1 is 1.34 bits per heavy atom. The highest BCUT2D eigenvalue weighted by Gasteiger charge is 2.40. The molecule has 1 saturated carbocycles. The summed E-state index contributed by atoms with van der Waals surface area (Å²) < 4.78 is 5.51. The molecule has 32 heavy (non-hydrogen) atoms. The van der Waals surface area contributed by atoms with Gasteiger partial charge >= 0.3 is 0 Å². The van der Waals surface area contributed by atoms with E-state index in [0.717, 1.165) is 12.4 Å². The first-order valence-electron chi connectivity index (χ1n) is 10.9. The fourth-order valence-corrected chi connectivity index (χ4v) is 4.11. The molecular formula is C23H32N6O3. The maximum atomic E-state index is 13.0. The van der Waals surface area contributed by atoms with Crippen molar-refractivity contribution in [2.24, 2.45) is 11.3 Å². The van der Waals surface area contributed by atoms with Crippen molar-refractivity contribution in [3.05, 3.63) is 30.0 Å². The summed E-state index contributed by atoms with van der Waals surface area (Å²) in [6.07, 6.45) is 3.35. The normalized spacial score (nSPS) is 18.8. The van der Waals surface area contributed by atoms with Gasteiger partial charge in [0.05, 0.1) is 24.4 Å². The summed E-state index contributed by atoms with van der Waals surface area (Å²) >= 11 is 0. The number of methoxy groups -OCH3 is 1. The molecule has 1 aliphatic heterocycles. The SMILES string of the molecule is CNC(O)c1ccc(Nc2ncc3c(n2)N(CC2CC2)CC(C)(C)C(=O)N3C)c(OC)c1. The molecule has 1 aliphatic carbocycles. The van der Waals surface area contributed by atoms with E-state index < -0.39 is 11.6 Å². The summed E-state index contributed by atoms with van der Waals surface area (Å²) in [7, 11) is 5.05. The molecule has 9 heteroatoms. The molecule has 1 fully saturated rings. The van der Waals surface area contributed by atoms with Crippen LogP contribution < -0.4 is 25.2 Å². The summed E-state index contributed by atoms with van der Waals surface area (Å²) in [5, 5.41) is 16.1. The van der Waals surface area contributed by atoms with Crippen LogP contribution in [0.25, 0.3) is 0 Å². The van der Waals surface area contributed by atoms with E-state index in [-0.39, 0.29) is 5.91 Å². The molecule has 0 radical (unpaired) electrons. The molecule has 0 spiro atoms. The van der Waals surface area contributed by atoms with Crippen LogP contribution in [0.2, 0.25) is 0 Å². The second-order valence-corrected chi connectivity index (χ2v) is 9.25. The first-order valence-corrected chi connectivity index (χ1v) is 10.9. The minimum Gasteiger partial charge on any atom is -0.495 e. The number of carbonyl (C=O) groups excluding carboxylic acids is 1. The van der Waals surface area contributed by atoms with Crippen molar-refractivity contribution in [3.63, 3.8) is 0 Å². The zero-order chi connectivity index (χ0) is 23.0. The summed E-state index contributed by atoms with van der Waals surface area (Å²) in [4.78, 5) is 26.2. The van der Waals surface area contributed by atoms with Crippen molar-refractivity contribution >= 4 is 29.0 Å². The molecule has 3 N–H and O–H groups in total. The van der Waals surface area contributed by atoms with Crippen molar-refractivity contribution in [1.82, 2.24) is 15.3 Å². The van der Waals surface area contributed by atoms with Crippen LogP contribution in [0, 0.1) is 11.3 Å². The number of anilines is 4. The average Bonchev–Trinajstić information content (AvgIpc) is 3.61. The highest BCUT2D eigenvalue weighted by atomic mass is 16.5. The highest BCUT2D eigenvalue weighted by Crippen LogP contribution is 2.40. The van der Waals surface area contributed by atoms with Gasteiger partial charge in [-0.15, -0.1) is 0 Å². The number of aliphatic hydroxyl groups excluding tert-OH is 1. The number of aromatic nitrogens is 2. The van der Waals surface area contributed by atoms with Crippen LogP contribution in [-0.2, 0) is 4.79 Å². The Balaban J connectivity index is 1.68. The van der Waals surface area contributed by atoms with E-state index in [1.165, 1.54) is 12.8 Å². The summed E-state index contributed by atoms with van der Waals surface area (Å²) in [5.41, 5.74) is 1.57. The van der Waals surface area contributed by atoms with Crippen LogP contribution in [0.15, 0.2) is 24.4 Å². The van der Waals surface area contributed by atoms with Gasteiger partial charge in [0.2, 0.25) is 11.9 Å². The van der Waals surface area contributed by atoms with E-state index in [2.05, 4.69) is 20.5 Å². The molecule has 1 aromatic heterocycles. The Kier molecular flexibility index (Phi) is 5.96. The largest absolute Gasteiger partial charge is 0.495 e. The molecule has 1 unspecified atom stereocenters. The van der Waals surface area contributed by atoms with Gasteiger partial charge in [0.25, 0.3) is 0 Å². The van der Waals surface area contributed by atoms with E-state index in [4.69, 9.17) is 9.72 Å². The molecule has 1 amide bonds. The van der Waals surface area contributed by atoms with Gasteiger partial charge in [-0.1, -0.05) is 6.07 Å². The van der Waals surface area contributed by atoms with Crippen LogP contribution >= 0.6 is 0 Å². The monoisotopic (exact) mass is 440 g/mol. The van der Waals surface area contributed by atoms with Crippen molar-refractivity contribution in [1.29, 1.82) is 0 Å². The lowest BCUT2D eigenvalue weighted by Crippen LogP contribution is -2.43. The van der Waals surface area contributed by atoms with E-state index in [9.17, 15) is 9.90 Å². The standard InChI is InChI=1S/C23H32N6O3/c1-23(2)13-29(12-14-6-7-14)19-17(28(4)21(23)31)11-25-22(27-19)26-16-9-8-15(20(30)24-3)10-18(16)32-5/h8-11,14,20,24,30H,6-7,12-13H2,1-5H3,(H,25,26,27). The number of rotatable bonds is 7. The number of hydrogen-bond acceptors (Lipinski definition) is 8. The summed E-state index contributed by atoms with van der Waals surface area (Å²) in [6.45, 7) is 5.45. The van der Waals surface area contributed by atoms with Crippen LogP contribution in [0.3, 0.4) is 0 Å². The fourth-order valence-electron chi connectivity index (χ4n) is 4.11. The third-order valence-corrected chi connectivity index (χ3v) is 6.12. The van der Waals surface area contributed by atoms with Gasteiger partial charge in [0, 0.05) is 20.1 Å². The Labute approximate surface area is 188 Å². The van der Waals surface area contributed by atoms with Crippen LogP contribution in [0.5, 0.6) is 5.75 Å². The Morgan fingerprint density at radius 3 is 2.75 bits per heavy atom. The van der Waals surface area contributed by atoms with Crippen molar-refractivity contribution in [2.45, 2.75) is 32.9 Å². The number of nitrogens with one attached hydrogen (secondary N) is 2. The van der Waals surface area contributed by atoms with E-state index >= 15 is 0 Å². The molecule has 0 saturated heterocycles. The first-order chi connectivity index (χ1) is 15.2. The summed E-state index contributed by atoms with van der Waals surface area (Å²) in [6, 6.07) is 5.40. The zero-order valence-electron chi connectivity index (χ0n) is 19.3. The maximum absolute atomic E-state index is 13.0. The number of hydrogen-bond donors (Lipinski definition) is 3. The minimum atomic E-state index is -0.783. The lowest BCUT2D eigenvalue weighted by Gasteiger charge is -2.29. The number of amides is 1. The number of benzene rings is 1. The van der Waals surface area contributed by atoms with Gasteiger partial charge in [0.1, 0.15) is 17.7 Å². The van der Waals surface area contributed by atoms with Gasteiger partial charge in [-0.25, -0.2) is 4.98 Å². The molecule has 2 aliphatic rings. The number of fused-ring (bicyclic) bond motifs is 1. The molecule has 2 heterocycles. The fraction of sp³-hybridized carbons (Fsp3) is 0.522. The molecule has 172 valence electrons. The highest BCUT2D eigenvalue weighted by molar-refractivity contribution is 6.00.